The number of aliphatic carboxylic acids is 1. The van der Waals surface area contributed by atoms with E-state index in [9.17, 15) is 15.0 Å². The van der Waals surface area contributed by atoms with Crippen molar-refractivity contribution in [3.05, 3.63) is 23.3 Å². The lowest BCUT2D eigenvalue weighted by atomic mass is 10.0. The van der Waals surface area contributed by atoms with Crippen molar-refractivity contribution in [2.75, 3.05) is 0 Å². The molecule has 0 aromatic carbocycles. The third-order valence-electron chi connectivity index (χ3n) is 3.16. The van der Waals surface area contributed by atoms with Gasteiger partial charge in [0, 0.05) is 6.54 Å². The van der Waals surface area contributed by atoms with Gasteiger partial charge in [-0.25, -0.2) is 0 Å². The summed E-state index contributed by atoms with van der Waals surface area (Å²) in [5.41, 5.74) is 1.11. The Balaban J connectivity index is 2.00. The van der Waals surface area contributed by atoms with E-state index in [1.165, 1.54) is 4.57 Å². The minimum atomic E-state index is -0.977. The monoisotopic (exact) mass is 237 g/mol. The molecule has 0 saturated carbocycles. The van der Waals surface area contributed by atoms with Crippen LogP contribution in [0.1, 0.15) is 29.8 Å². The molecule has 0 aliphatic carbocycles. The third-order valence-corrected chi connectivity index (χ3v) is 3.16. The Kier molecular flexibility index (Phi) is 1.97. The normalized spacial score (nSPS) is 24.2. The van der Waals surface area contributed by atoms with Crippen LogP contribution >= 0.6 is 0 Å². The van der Waals surface area contributed by atoms with E-state index in [4.69, 9.17) is 9.84 Å². The average molecular weight is 237 g/mol. The van der Waals surface area contributed by atoms with Crippen molar-refractivity contribution in [1.82, 2.24) is 4.57 Å². The topological polar surface area (TPSA) is 91.9 Å². The summed E-state index contributed by atoms with van der Waals surface area (Å²) in [5, 5.41) is 28.5. The van der Waals surface area contributed by atoms with Crippen molar-refractivity contribution in [2.24, 2.45) is 0 Å². The maximum Gasteiger partial charge on any atom is 0.305 e. The summed E-state index contributed by atoms with van der Waals surface area (Å²) in [4.78, 5) is 10.5. The molecule has 2 atom stereocenters. The summed E-state index contributed by atoms with van der Waals surface area (Å²) in [6.07, 6.45) is 2.82. The number of ether oxygens (including phenoxy) is 1. The minimum absolute atomic E-state index is 0.0411. The summed E-state index contributed by atoms with van der Waals surface area (Å²) in [6, 6.07) is 0. The Morgan fingerprint density at radius 2 is 1.76 bits per heavy atom. The molecule has 90 valence electrons. The maximum absolute atomic E-state index is 10.5. The quantitative estimate of drug-likeness (QED) is 0.683. The molecule has 0 radical (unpaired) electrons. The van der Waals surface area contributed by atoms with Crippen molar-refractivity contribution < 1.29 is 24.9 Å². The fourth-order valence-corrected chi connectivity index (χ4v) is 2.39. The van der Waals surface area contributed by atoms with Crippen molar-refractivity contribution in [3.8, 4) is 11.8 Å². The highest BCUT2D eigenvalue weighted by Crippen LogP contribution is 2.54. The SMILES string of the molecule is O=C(O)CCn1c(O)c2c(c1O)C1C=CC2O1. The number of hydrogen-bond acceptors (Lipinski definition) is 4. The zero-order valence-electron chi connectivity index (χ0n) is 8.83. The number of fused-ring (bicyclic) bond motifs is 5. The second kappa shape index (κ2) is 3.27. The van der Waals surface area contributed by atoms with E-state index in [1.807, 2.05) is 12.2 Å². The molecule has 0 saturated heterocycles. The highest BCUT2D eigenvalue weighted by atomic mass is 16.5. The van der Waals surface area contributed by atoms with Gasteiger partial charge in [-0.1, -0.05) is 12.2 Å². The van der Waals surface area contributed by atoms with E-state index in [2.05, 4.69) is 0 Å². The number of carboxylic acid groups (broad SMARTS) is 1. The Morgan fingerprint density at radius 3 is 2.24 bits per heavy atom. The lowest BCUT2D eigenvalue weighted by molar-refractivity contribution is -0.137. The number of carbonyl (C=O) groups is 1. The van der Waals surface area contributed by atoms with E-state index in [0.717, 1.165) is 0 Å². The smallest absolute Gasteiger partial charge is 0.305 e. The molecule has 0 spiro atoms. The van der Waals surface area contributed by atoms with Gasteiger partial charge in [-0.15, -0.1) is 0 Å². The molecule has 3 rings (SSSR count). The first-order valence-corrected chi connectivity index (χ1v) is 5.29. The number of aromatic hydroxyl groups is 2. The van der Waals surface area contributed by atoms with Gasteiger partial charge in [0.25, 0.3) is 0 Å². The fraction of sp³-hybridized carbons (Fsp3) is 0.364. The van der Waals surface area contributed by atoms with Gasteiger partial charge in [-0.2, -0.15) is 0 Å². The van der Waals surface area contributed by atoms with Crippen molar-refractivity contribution in [2.45, 2.75) is 25.2 Å². The van der Waals surface area contributed by atoms with Crippen LogP contribution in [0, 0.1) is 0 Å². The second-order valence-electron chi connectivity index (χ2n) is 4.13. The maximum atomic E-state index is 10.5. The Morgan fingerprint density at radius 1 is 1.24 bits per heavy atom. The zero-order chi connectivity index (χ0) is 12.2. The van der Waals surface area contributed by atoms with Gasteiger partial charge in [-0.3, -0.25) is 9.36 Å². The van der Waals surface area contributed by atoms with Gasteiger partial charge in [0.1, 0.15) is 12.2 Å². The zero-order valence-corrected chi connectivity index (χ0v) is 8.83. The molecular weight excluding hydrogens is 226 g/mol. The van der Waals surface area contributed by atoms with Crippen LogP contribution in [0.25, 0.3) is 0 Å². The van der Waals surface area contributed by atoms with Gasteiger partial charge in [0.05, 0.1) is 17.5 Å². The first-order chi connectivity index (χ1) is 8.09. The molecule has 2 unspecified atom stereocenters. The predicted molar refractivity (Wildman–Crippen MR) is 55.7 cm³/mol. The minimum Gasteiger partial charge on any atom is -0.494 e. The number of hydrogen-bond donors (Lipinski definition) is 3. The largest absolute Gasteiger partial charge is 0.494 e. The van der Waals surface area contributed by atoms with Crippen molar-refractivity contribution in [1.29, 1.82) is 0 Å². The van der Waals surface area contributed by atoms with Crippen LogP contribution in [-0.4, -0.2) is 25.9 Å². The van der Waals surface area contributed by atoms with E-state index in [1.54, 1.807) is 0 Å². The molecule has 0 amide bonds. The highest BCUT2D eigenvalue weighted by Gasteiger charge is 2.42. The molecule has 3 heterocycles. The summed E-state index contributed by atoms with van der Waals surface area (Å²) in [6.45, 7) is 0.0411. The van der Waals surface area contributed by atoms with E-state index in [-0.39, 0.29) is 36.9 Å². The van der Waals surface area contributed by atoms with Crippen LogP contribution in [0.3, 0.4) is 0 Å². The van der Waals surface area contributed by atoms with Gasteiger partial charge in [-0.05, 0) is 0 Å². The molecule has 2 aliphatic rings. The third kappa shape index (κ3) is 1.27. The van der Waals surface area contributed by atoms with Gasteiger partial charge < -0.3 is 20.1 Å². The van der Waals surface area contributed by atoms with Crippen LogP contribution < -0.4 is 0 Å². The lowest BCUT2D eigenvalue weighted by Crippen LogP contribution is -2.04. The average Bonchev–Trinajstić information content (AvgIpc) is 2.92. The summed E-state index contributed by atoms with van der Waals surface area (Å²) >= 11 is 0. The summed E-state index contributed by atoms with van der Waals surface area (Å²) in [5.74, 6) is -1.18. The molecule has 2 aliphatic heterocycles. The molecule has 6 nitrogen and oxygen atoms in total. The molecule has 3 N–H and O–H groups in total. The second-order valence-corrected chi connectivity index (χ2v) is 4.13. The van der Waals surface area contributed by atoms with E-state index < -0.39 is 5.97 Å². The van der Waals surface area contributed by atoms with Gasteiger partial charge in [0.15, 0.2) is 0 Å². The summed E-state index contributed by atoms with van der Waals surface area (Å²) in [7, 11) is 0. The number of rotatable bonds is 3. The van der Waals surface area contributed by atoms with Gasteiger partial charge >= 0.3 is 5.97 Å². The molecule has 1 aromatic heterocycles. The first-order valence-electron chi connectivity index (χ1n) is 5.29. The molecule has 17 heavy (non-hydrogen) atoms. The Labute approximate surface area is 96.4 Å². The van der Waals surface area contributed by atoms with Crippen LogP contribution in [0.5, 0.6) is 11.8 Å². The van der Waals surface area contributed by atoms with E-state index >= 15 is 0 Å². The van der Waals surface area contributed by atoms with Crippen LogP contribution in [0.4, 0.5) is 0 Å². The van der Waals surface area contributed by atoms with Crippen LogP contribution in [-0.2, 0) is 16.1 Å². The highest BCUT2D eigenvalue weighted by molar-refractivity contribution is 5.66. The number of carboxylic acids is 1. The van der Waals surface area contributed by atoms with Crippen LogP contribution in [0.2, 0.25) is 0 Å². The molecule has 0 fully saturated rings. The molecule has 2 bridgehead atoms. The number of nitrogens with zero attached hydrogens (tertiary/aromatic N) is 1. The molecule has 6 heteroatoms. The Bertz CT molecular complexity index is 495. The predicted octanol–water partition coefficient (Wildman–Crippen LogP) is 1.06. The van der Waals surface area contributed by atoms with Gasteiger partial charge in [0.2, 0.25) is 11.8 Å². The number of aromatic nitrogens is 1. The summed E-state index contributed by atoms with van der Waals surface area (Å²) < 4.78 is 6.68. The Hall–Kier alpha value is -1.95. The fourth-order valence-electron chi connectivity index (χ4n) is 2.39. The lowest BCUT2D eigenvalue weighted by Gasteiger charge is -2.08. The first kappa shape index (κ1) is 10.2. The standard InChI is InChI=1S/C11H11NO5/c13-7(14)3-4-12-10(15)8-5-1-2-6(17-5)9(8)11(12)16/h1-2,5-6,15-16H,3-4H2,(H,13,14). The molecule has 1 aromatic rings. The molecular formula is C11H11NO5. The van der Waals surface area contributed by atoms with Crippen molar-refractivity contribution in [3.63, 3.8) is 0 Å². The van der Waals surface area contributed by atoms with Crippen LogP contribution in [0.15, 0.2) is 12.2 Å². The van der Waals surface area contributed by atoms with E-state index in [0.29, 0.717) is 11.1 Å². The van der Waals surface area contributed by atoms with Crippen molar-refractivity contribution >= 4 is 5.97 Å².